The first kappa shape index (κ1) is 23.2. The maximum atomic E-state index is 13.5. The first-order valence-corrected chi connectivity index (χ1v) is 10.5. The minimum Gasteiger partial charge on any atom is -0.445 e. The van der Waals surface area contributed by atoms with Crippen molar-refractivity contribution >= 4 is 29.2 Å². The lowest BCUT2D eigenvalue weighted by Crippen LogP contribution is -2.50. The number of ether oxygens (including phenoxy) is 1. The van der Waals surface area contributed by atoms with Crippen LogP contribution in [-0.4, -0.2) is 36.2 Å². The Bertz CT molecular complexity index is 1050. The van der Waals surface area contributed by atoms with E-state index in [0.717, 1.165) is 16.7 Å². The maximum absolute atomic E-state index is 13.5. The molecule has 168 valence electrons. The molecule has 2 amide bonds. The molecule has 7 heteroatoms. The zero-order valence-electron chi connectivity index (χ0n) is 19.1. The van der Waals surface area contributed by atoms with Gasteiger partial charge in [0.1, 0.15) is 6.61 Å². The van der Waals surface area contributed by atoms with Crippen LogP contribution in [0.1, 0.15) is 44.4 Å². The van der Waals surface area contributed by atoms with Gasteiger partial charge in [0.05, 0.1) is 12.2 Å². The second-order valence-electron chi connectivity index (χ2n) is 8.89. The second kappa shape index (κ2) is 9.34. The van der Waals surface area contributed by atoms with Crippen LogP contribution in [0.25, 0.3) is 0 Å². The summed E-state index contributed by atoms with van der Waals surface area (Å²) in [4.78, 5) is 44.6. The van der Waals surface area contributed by atoms with E-state index < -0.39 is 23.6 Å². The normalized spacial score (nSPS) is 16.0. The van der Waals surface area contributed by atoms with Crippen molar-refractivity contribution in [3.63, 3.8) is 0 Å². The third-order valence-corrected chi connectivity index (χ3v) is 5.33. The summed E-state index contributed by atoms with van der Waals surface area (Å²) < 4.78 is 5.27. The third-order valence-electron chi connectivity index (χ3n) is 5.33. The van der Waals surface area contributed by atoms with Gasteiger partial charge in [0.25, 0.3) is 5.91 Å². The lowest BCUT2D eigenvalue weighted by Gasteiger charge is -2.29. The van der Waals surface area contributed by atoms with Crippen LogP contribution in [0.4, 0.5) is 10.5 Å². The van der Waals surface area contributed by atoms with Gasteiger partial charge < -0.3 is 9.64 Å². The van der Waals surface area contributed by atoms with Crippen molar-refractivity contribution in [1.82, 2.24) is 5.32 Å². The molecule has 0 bridgehead atoms. The zero-order valence-corrected chi connectivity index (χ0v) is 19.1. The van der Waals surface area contributed by atoms with Gasteiger partial charge in [-0.25, -0.2) is 4.79 Å². The predicted octanol–water partition coefficient (Wildman–Crippen LogP) is 4.02. The smallest absolute Gasteiger partial charge is 0.409 e. The van der Waals surface area contributed by atoms with Crippen molar-refractivity contribution in [1.29, 1.82) is 0 Å². The Morgan fingerprint density at radius 2 is 1.75 bits per heavy atom. The summed E-state index contributed by atoms with van der Waals surface area (Å²) in [7, 11) is 0. The number of Topliss-reactive ketones (excluding diaryl/α,β-unsaturated/α-hetero) is 1. The van der Waals surface area contributed by atoms with Gasteiger partial charge in [0.2, 0.25) is 6.17 Å². The number of para-hydroxylation sites is 1. The number of fused-ring (bicyclic) bond motifs is 1. The largest absolute Gasteiger partial charge is 0.445 e. The molecule has 0 fully saturated rings. The molecule has 1 atom stereocenters. The highest BCUT2D eigenvalue weighted by Crippen LogP contribution is 2.30. The highest BCUT2D eigenvalue weighted by Gasteiger charge is 2.35. The first-order valence-electron chi connectivity index (χ1n) is 10.5. The van der Waals surface area contributed by atoms with E-state index >= 15 is 0 Å². The average Bonchev–Trinajstić information content (AvgIpc) is 2.83. The number of alkyl carbamates (subject to hydrolysis) is 1. The molecule has 0 spiro atoms. The molecule has 2 aromatic carbocycles. The Morgan fingerprint density at radius 3 is 2.41 bits per heavy atom. The van der Waals surface area contributed by atoms with Crippen LogP contribution >= 0.6 is 0 Å². The first-order chi connectivity index (χ1) is 15.1. The lowest BCUT2D eigenvalue weighted by molar-refractivity contribution is -0.127. The van der Waals surface area contributed by atoms with Crippen LogP contribution in [0, 0.1) is 12.3 Å². The predicted molar refractivity (Wildman–Crippen MR) is 124 cm³/mol. The molecule has 0 aliphatic carbocycles. The van der Waals surface area contributed by atoms with Gasteiger partial charge in [0.15, 0.2) is 5.78 Å². The monoisotopic (exact) mass is 435 g/mol. The van der Waals surface area contributed by atoms with Crippen LogP contribution in [0.2, 0.25) is 0 Å². The van der Waals surface area contributed by atoms with Crippen molar-refractivity contribution in [2.45, 2.75) is 47.4 Å². The van der Waals surface area contributed by atoms with Gasteiger partial charge >= 0.3 is 6.09 Å². The van der Waals surface area contributed by atoms with Crippen LogP contribution in [0.15, 0.2) is 53.5 Å². The van der Waals surface area contributed by atoms with Crippen LogP contribution < -0.4 is 10.2 Å². The summed E-state index contributed by atoms with van der Waals surface area (Å²) >= 11 is 0. The minimum atomic E-state index is -1.20. The fourth-order valence-corrected chi connectivity index (χ4v) is 3.39. The van der Waals surface area contributed by atoms with E-state index in [4.69, 9.17) is 4.74 Å². The molecule has 3 rings (SSSR count). The molecule has 0 saturated heterocycles. The highest BCUT2D eigenvalue weighted by atomic mass is 16.5. The van der Waals surface area contributed by atoms with E-state index in [1.54, 1.807) is 6.92 Å². The molecule has 1 N–H and O–H groups in total. The van der Waals surface area contributed by atoms with E-state index in [0.29, 0.717) is 11.4 Å². The molecule has 0 saturated carbocycles. The van der Waals surface area contributed by atoms with Crippen molar-refractivity contribution in [2.24, 2.45) is 10.4 Å². The SMILES string of the molecule is CC1=NC(NC(=O)OCc2ccccc2)C(=O)N(CC(=O)C(C)(C)C)c2c(C)cccc21. The molecule has 2 aromatic rings. The van der Waals surface area contributed by atoms with Crippen molar-refractivity contribution in [2.75, 3.05) is 11.4 Å². The van der Waals surface area contributed by atoms with Crippen LogP contribution in [0.3, 0.4) is 0 Å². The second-order valence-corrected chi connectivity index (χ2v) is 8.89. The van der Waals surface area contributed by atoms with Crippen molar-refractivity contribution in [3.8, 4) is 0 Å². The summed E-state index contributed by atoms with van der Waals surface area (Å²) in [6.45, 7) is 9.07. The number of hydrogen-bond donors (Lipinski definition) is 1. The Morgan fingerprint density at radius 1 is 1.06 bits per heavy atom. The number of anilines is 1. The van der Waals surface area contributed by atoms with Crippen molar-refractivity contribution in [3.05, 3.63) is 65.2 Å². The van der Waals surface area contributed by atoms with Gasteiger partial charge in [-0.05, 0) is 25.0 Å². The summed E-state index contributed by atoms with van der Waals surface area (Å²) in [6, 6.07) is 14.9. The molecule has 1 unspecified atom stereocenters. The molecule has 7 nitrogen and oxygen atoms in total. The summed E-state index contributed by atoms with van der Waals surface area (Å²) in [5.41, 5.74) is 3.04. The van der Waals surface area contributed by atoms with Gasteiger partial charge in [-0.1, -0.05) is 69.3 Å². The summed E-state index contributed by atoms with van der Waals surface area (Å²) in [5, 5.41) is 2.55. The zero-order chi connectivity index (χ0) is 23.5. The molecule has 0 radical (unpaired) electrons. The minimum absolute atomic E-state index is 0.0713. The number of aryl methyl sites for hydroxylation is 1. The molecule has 32 heavy (non-hydrogen) atoms. The number of nitrogens with one attached hydrogen (secondary N) is 1. The Balaban J connectivity index is 1.87. The number of carbonyl (C=O) groups excluding carboxylic acids is 3. The number of aliphatic imine (C=N–C) groups is 1. The van der Waals surface area contributed by atoms with Crippen molar-refractivity contribution < 1.29 is 19.1 Å². The van der Waals surface area contributed by atoms with E-state index in [1.807, 2.05) is 76.2 Å². The molecular formula is C25H29N3O4. The van der Waals surface area contributed by atoms with Gasteiger partial charge in [0, 0.05) is 16.7 Å². The number of benzodiazepines with no additional fused rings is 1. The number of rotatable bonds is 5. The number of carbonyl (C=O) groups is 3. The van der Waals surface area contributed by atoms with Gasteiger partial charge in [-0.15, -0.1) is 0 Å². The van der Waals surface area contributed by atoms with E-state index in [2.05, 4.69) is 10.3 Å². The quantitative estimate of drug-likeness (QED) is 0.768. The summed E-state index contributed by atoms with van der Waals surface area (Å²) in [6.07, 6.45) is -1.95. The molecule has 1 heterocycles. The molecule has 0 aromatic heterocycles. The van der Waals surface area contributed by atoms with Gasteiger partial charge in [-0.3, -0.25) is 19.9 Å². The fraction of sp³-hybridized carbons (Fsp3) is 0.360. The number of ketones is 1. The average molecular weight is 436 g/mol. The highest BCUT2D eigenvalue weighted by molar-refractivity contribution is 6.14. The molecular weight excluding hydrogens is 406 g/mol. The third kappa shape index (κ3) is 5.22. The van der Waals surface area contributed by atoms with E-state index in [-0.39, 0.29) is 18.9 Å². The number of nitrogens with zero attached hydrogens (tertiary/aromatic N) is 2. The van der Waals surface area contributed by atoms with E-state index in [1.165, 1.54) is 4.90 Å². The standard InChI is InChI=1S/C25H29N3O4/c1-16-10-9-13-19-17(2)26-22(27-24(31)32-15-18-11-7-6-8-12-18)23(30)28(21(16)19)14-20(29)25(3,4)5/h6-13,22H,14-15H2,1-5H3,(H,27,31). The number of amides is 2. The molecule has 1 aliphatic heterocycles. The van der Waals surface area contributed by atoms with Crippen LogP contribution in [-0.2, 0) is 20.9 Å². The van der Waals surface area contributed by atoms with Gasteiger partial charge in [-0.2, -0.15) is 0 Å². The van der Waals surface area contributed by atoms with Crippen LogP contribution in [0.5, 0.6) is 0 Å². The lowest BCUT2D eigenvalue weighted by atomic mass is 9.90. The topological polar surface area (TPSA) is 88.1 Å². The summed E-state index contributed by atoms with van der Waals surface area (Å²) in [5.74, 6) is -0.573. The van der Waals surface area contributed by atoms with E-state index in [9.17, 15) is 14.4 Å². The number of hydrogen-bond acceptors (Lipinski definition) is 5. The maximum Gasteiger partial charge on any atom is 0.409 e. The molecule has 1 aliphatic rings. The number of benzene rings is 2. The fourth-order valence-electron chi connectivity index (χ4n) is 3.39. The Labute approximate surface area is 188 Å². The Hall–Kier alpha value is -3.48. The Kier molecular flexibility index (Phi) is 6.77.